The van der Waals surface area contributed by atoms with Crippen molar-refractivity contribution in [3.63, 3.8) is 0 Å². The van der Waals surface area contributed by atoms with E-state index in [4.69, 9.17) is 0 Å². The van der Waals surface area contributed by atoms with Gasteiger partial charge in [-0.15, -0.1) is 0 Å². The average Bonchev–Trinajstić information content (AvgIpc) is 2.26. The summed E-state index contributed by atoms with van der Waals surface area (Å²) in [5.74, 6) is -0.492. The minimum atomic E-state index is -3.35. The van der Waals surface area contributed by atoms with E-state index in [1.807, 2.05) is 0 Å². The summed E-state index contributed by atoms with van der Waals surface area (Å²) in [7, 11) is -0.623. The second-order valence-electron chi connectivity index (χ2n) is 3.72. The molecular weight excluding hydrogens is 242 g/mol. The summed E-state index contributed by atoms with van der Waals surface area (Å²) in [5, 5.41) is 0. The fraction of sp³-hybridized carbons (Fsp3) is 0.364. The number of methoxy groups -OCH3 is 1. The molecule has 0 N–H and O–H groups in total. The molecule has 0 aromatic heterocycles. The van der Waals surface area contributed by atoms with Gasteiger partial charge in [0, 0.05) is 7.05 Å². The van der Waals surface area contributed by atoms with Crippen molar-refractivity contribution in [2.75, 3.05) is 24.7 Å². The Balaban J connectivity index is 3.29. The highest BCUT2D eigenvalue weighted by molar-refractivity contribution is 7.92. The maximum Gasteiger partial charge on any atom is 0.337 e. The Morgan fingerprint density at radius 1 is 1.35 bits per heavy atom. The first-order chi connectivity index (χ1) is 7.77. The highest BCUT2D eigenvalue weighted by Crippen LogP contribution is 2.22. The molecule has 0 spiro atoms. The first-order valence-corrected chi connectivity index (χ1v) is 6.75. The lowest BCUT2D eigenvalue weighted by Crippen LogP contribution is -2.25. The highest BCUT2D eigenvalue weighted by atomic mass is 32.2. The lowest BCUT2D eigenvalue weighted by molar-refractivity contribution is 0.0601. The number of hydrogen-bond donors (Lipinski definition) is 0. The van der Waals surface area contributed by atoms with Gasteiger partial charge in [0.15, 0.2) is 0 Å². The van der Waals surface area contributed by atoms with Crippen LogP contribution in [0.4, 0.5) is 5.69 Å². The molecule has 1 aromatic carbocycles. The summed E-state index contributed by atoms with van der Waals surface area (Å²) in [4.78, 5) is 11.4. The molecule has 0 amide bonds. The molecule has 5 nitrogen and oxygen atoms in total. The molecule has 0 heterocycles. The maximum absolute atomic E-state index is 11.4. The van der Waals surface area contributed by atoms with Gasteiger partial charge in [-0.3, -0.25) is 4.31 Å². The summed E-state index contributed by atoms with van der Waals surface area (Å²) in [6.45, 7) is 1.78. The molecule has 0 saturated heterocycles. The largest absolute Gasteiger partial charge is 0.465 e. The molecule has 0 bridgehead atoms. The molecule has 94 valence electrons. The Hall–Kier alpha value is -1.56. The quantitative estimate of drug-likeness (QED) is 0.763. The van der Waals surface area contributed by atoms with E-state index in [2.05, 4.69) is 4.74 Å². The predicted octanol–water partition coefficient (Wildman–Crippen LogP) is 1.18. The van der Waals surface area contributed by atoms with E-state index >= 15 is 0 Å². The van der Waals surface area contributed by atoms with Crippen LogP contribution in [0.25, 0.3) is 0 Å². The molecule has 0 unspecified atom stereocenters. The fourth-order valence-corrected chi connectivity index (χ4v) is 1.93. The highest BCUT2D eigenvalue weighted by Gasteiger charge is 2.16. The van der Waals surface area contributed by atoms with E-state index in [1.54, 1.807) is 19.1 Å². The Labute approximate surface area is 101 Å². The van der Waals surface area contributed by atoms with Crippen molar-refractivity contribution in [2.45, 2.75) is 6.92 Å². The number of anilines is 1. The van der Waals surface area contributed by atoms with Crippen molar-refractivity contribution in [3.8, 4) is 0 Å². The van der Waals surface area contributed by atoms with Crippen LogP contribution in [-0.4, -0.2) is 34.8 Å². The minimum Gasteiger partial charge on any atom is -0.465 e. The van der Waals surface area contributed by atoms with Gasteiger partial charge in [0.1, 0.15) is 0 Å². The van der Waals surface area contributed by atoms with Crippen molar-refractivity contribution in [2.24, 2.45) is 0 Å². The third kappa shape index (κ3) is 2.97. The SMILES string of the molecule is COC(=O)c1ccc(C)c(N(C)S(C)(=O)=O)c1. The van der Waals surface area contributed by atoms with Gasteiger partial charge < -0.3 is 4.74 Å². The monoisotopic (exact) mass is 257 g/mol. The van der Waals surface area contributed by atoms with Crippen LogP contribution in [0.1, 0.15) is 15.9 Å². The van der Waals surface area contributed by atoms with E-state index in [-0.39, 0.29) is 0 Å². The predicted molar refractivity (Wildman–Crippen MR) is 65.8 cm³/mol. The number of carbonyl (C=O) groups is 1. The zero-order valence-corrected chi connectivity index (χ0v) is 11.0. The van der Waals surface area contributed by atoms with Gasteiger partial charge in [0.2, 0.25) is 10.0 Å². The van der Waals surface area contributed by atoms with Crippen LogP contribution in [0.3, 0.4) is 0 Å². The second-order valence-corrected chi connectivity index (χ2v) is 5.74. The molecular formula is C11H15NO4S. The minimum absolute atomic E-state index is 0.323. The lowest BCUT2D eigenvalue weighted by atomic mass is 10.1. The summed E-state index contributed by atoms with van der Waals surface area (Å²) in [5.41, 5.74) is 1.56. The van der Waals surface area contributed by atoms with Crippen LogP contribution in [0.5, 0.6) is 0 Å². The smallest absolute Gasteiger partial charge is 0.337 e. The number of esters is 1. The number of benzene rings is 1. The van der Waals surface area contributed by atoms with Crippen molar-refractivity contribution in [1.29, 1.82) is 0 Å². The molecule has 0 fully saturated rings. The van der Waals surface area contributed by atoms with Crippen LogP contribution in [-0.2, 0) is 14.8 Å². The topological polar surface area (TPSA) is 63.7 Å². The molecule has 0 aliphatic carbocycles. The van der Waals surface area contributed by atoms with E-state index in [9.17, 15) is 13.2 Å². The first-order valence-electron chi connectivity index (χ1n) is 4.90. The normalized spacial score (nSPS) is 11.1. The van der Waals surface area contributed by atoms with Crippen LogP contribution >= 0.6 is 0 Å². The van der Waals surface area contributed by atoms with E-state index in [0.717, 1.165) is 16.1 Å². The molecule has 6 heteroatoms. The van der Waals surface area contributed by atoms with Gasteiger partial charge in [0.25, 0.3) is 0 Å². The van der Waals surface area contributed by atoms with Crippen LogP contribution in [0.15, 0.2) is 18.2 Å². The van der Waals surface area contributed by atoms with Gasteiger partial charge in [0.05, 0.1) is 24.6 Å². The Kier molecular flexibility index (Phi) is 3.77. The number of sulfonamides is 1. The van der Waals surface area contributed by atoms with Gasteiger partial charge >= 0.3 is 5.97 Å². The van der Waals surface area contributed by atoms with Gasteiger partial charge in [-0.05, 0) is 24.6 Å². The molecule has 0 saturated carbocycles. The Morgan fingerprint density at radius 3 is 2.41 bits per heavy atom. The van der Waals surface area contributed by atoms with Crippen LogP contribution < -0.4 is 4.31 Å². The third-order valence-corrected chi connectivity index (χ3v) is 3.66. The Morgan fingerprint density at radius 2 is 1.94 bits per heavy atom. The van der Waals surface area contributed by atoms with Crippen molar-refractivity contribution < 1.29 is 17.9 Å². The summed E-state index contributed by atoms with van der Waals surface area (Å²) in [6, 6.07) is 4.78. The average molecular weight is 257 g/mol. The van der Waals surface area contributed by atoms with Gasteiger partial charge in [-0.25, -0.2) is 13.2 Å². The number of hydrogen-bond acceptors (Lipinski definition) is 4. The molecule has 0 aliphatic heterocycles. The number of ether oxygens (including phenoxy) is 1. The maximum atomic E-state index is 11.4. The Bertz CT molecular complexity index is 536. The first kappa shape index (κ1) is 13.5. The standard InChI is InChI=1S/C11H15NO4S/c1-8-5-6-9(11(13)16-3)7-10(8)12(2)17(4,14)15/h5-7H,1-4H3. The molecule has 17 heavy (non-hydrogen) atoms. The van der Waals surface area contributed by atoms with Gasteiger partial charge in [-0.2, -0.15) is 0 Å². The number of carbonyl (C=O) groups excluding carboxylic acids is 1. The van der Waals surface area contributed by atoms with E-state index in [0.29, 0.717) is 11.3 Å². The third-order valence-electron chi connectivity index (χ3n) is 2.47. The lowest BCUT2D eigenvalue weighted by Gasteiger charge is -2.19. The number of nitrogens with zero attached hydrogens (tertiary/aromatic N) is 1. The van der Waals surface area contributed by atoms with Gasteiger partial charge in [-0.1, -0.05) is 6.07 Å². The van der Waals surface area contributed by atoms with Crippen LogP contribution in [0.2, 0.25) is 0 Å². The summed E-state index contributed by atoms with van der Waals surface area (Å²) < 4.78 is 28.6. The zero-order chi connectivity index (χ0) is 13.2. The molecule has 1 rings (SSSR count). The number of aryl methyl sites for hydroxylation is 1. The zero-order valence-electron chi connectivity index (χ0n) is 10.2. The van der Waals surface area contributed by atoms with Crippen molar-refractivity contribution >= 4 is 21.7 Å². The van der Waals surface area contributed by atoms with E-state index in [1.165, 1.54) is 20.2 Å². The molecule has 0 radical (unpaired) electrons. The molecule has 0 aliphatic rings. The van der Waals surface area contributed by atoms with Crippen molar-refractivity contribution in [1.82, 2.24) is 0 Å². The number of rotatable bonds is 3. The van der Waals surface area contributed by atoms with Crippen LogP contribution in [0, 0.1) is 6.92 Å². The fourth-order valence-electron chi connectivity index (χ4n) is 1.37. The summed E-state index contributed by atoms with van der Waals surface area (Å²) in [6.07, 6.45) is 1.11. The van der Waals surface area contributed by atoms with Crippen molar-refractivity contribution in [3.05, 3.63) is 29.3 Å². The summed E-state index contributed by atoms with van der Waals surface area (Å²) >= 11 is 0. The second kappa shape index (κ2) is 4.75. The molecule has 0 atom stereocenters. The molecule has 1 aromatic rings. The van der Waals surface area contributed by atoms with E-state index < -0.39 is 16.0 Å².